The fraction of sp³-hybridized carbons (Fsp3) is 0.870. The lowest BCUT2D eigenvalue weighted by Crippen LogP contribution is -2.72. The molecule has 1 aromatic heterocycles. The second-order valence-electron chi connectivity index (χ2n) is 12.2. The second-order valence-corrected chi connectivity index (χ2v) is 12.2. The van der Waals surface area contributed by atoms with Crippen LogP contribution in [0, 0.1) is 16.2 Å². The van der Waals surface area contributed by atoms with Gasteiger partial charge in [0.15, 0.2) is 0 Å². The Hall–Kier alpha value is -1.84. The van der Waals surface area contributed by atoms with Gasteiger partial charge in [-0.15, -0.1) is 10.2 Å². The van der Waals surface area contributed by atoms with Gasteiger partial charge in [0.25, 0.3) is 0 Å². The third-order valence-electron chi connectivity index (χ3n) is 9.42. The normalized spacial score (nSPS) is 29.4. The van der Waals surface area contributed by atoms with Crippen molar-refractivity contribution in [2.45, 2.75) is 75.4 Å². The number of hydrogen-bond donors (Lipinski definition) is 2. The molecule has 2 amide bonds. The zero-order valence-electron chi connectivity index (χ0n) is 18.8. The average Bonchev–Trinajstić information content (AvgIpc) is 3.55. The van der Waals surface area contributed by atoms with Gasteiger partial charge in [0, 0.05) is 61.4 Å². The predicted molar refractivity (Wildman–Crippen MR) is 112 cm³/mol. The molecule has 2 N–H and O–H groups in total. The van der Waals surface area contributed by atoms with Gasteiger partial charge >= 0.3 is 12.2 Å². The fourth-order valence-corrected chi connectivity index (χ4v) is 6.89. The first-order chi connectivity index (χ1) is 15.7. The SMILES string of the molecule is O=C(N1CC2(CC(NCC3(C(F)(F)F)CC3)C2)C1)N1CC2(CC(c3nnc(C4CC4)[nH]3)C2)C1. The van der Waals surface area contributed by atoms with Gasteiger partial charge in [-0.1, -0.05) is 0 Å². The van der Waals surface area contributed by atoms with Gasteiger partial charge in [-0.3, -0.25) is 0 Å². The minimum Gasteiger partial charge on any atom is -0.328 e. The van der Waals surface area contributed by atoms with E-state index in [1.54, 1.807) is 0 Å². The zero-order chi connectivity index (χ0) is 22.6. The third kappa shape index (κ3) is 3.22. The molecule has 3 heterocycles. The zero-order valence-corrected chi connectivity index (χ0v) is 18.8. The predicted octanol–water partition coefficient (Wildman–Crippen LogP) is 3.38. The maximum absolute atomic E-state index is 13.1. The number of alkyl halides is 3. The summed E-state index contributed by atoms with van der Waals surface area (Å²) in [6.07, 6.45) is 2.77. The highest BCUT2D eigenvalue weighted by atomic mass is 19.4. The molecule has 6 fully saturated rings. The van der Waals surface area contributed by atoms with Gasteiger partial charge in [-0.2, -0.15) is 13.2 Å². The summed E-state index contributed by atoms with van der Waals surface area (Å²) in [4.78, 5) is 20.1. The number of aromatic amines is 1. The number of nitrogens with zero attached hydrogens (tertiary/aromatic N) is 4. The van der Waals surface area contributed by atoms with Crippen LogP contribution in [0.15, 0.2) is 0 Å². The second kappa shape index (κ2) is 6.43. The third-order valence-corrected chi connectivity index (χ3v) is 9.42. The van der Waals surface area contributed by atoms with E-state index in [0.29, 0.717) is 11.8 Å². The summed E-state index contributed by atoms with van der Waals surface area (Å²) in [5.41, 5.74) is -1.07. The molecule has 0 aromatic carbocycles. The lowest BCUT2D eigenvalue weighted by atomic mass is 9.57. The Morgan fingerprint density at radius 1 is 0.939 bits per heavy atom. The van der Waals surface area contributed by atoms with E-state index in [0.717, 1.165) is 63.5 Å². The molecule has 0 unspecified atom stereocenters. The van der Waals surface area contributed by atoms with Crippen LogP contribution in [0.5, 0.6) is 0 Å². The van der Waals surface area contributed by atoms with Crippen LogP contribution in [0.2, 0.25) is 0 Å². The van der Waals surface area contributed by atoms with Crippen molar-refractivity contribution in [1.29, 1.82) is 0 Å². The molecule has 4 saturated carbocycles. The average molecular weight is 465 g/mol. The molecule has 2 aliphatic heterocycles. The number of amides is 2. The minimum atomic E-state index is -4.09. The van der Waals surface area contributed by atoms with Crippen molar-refractivity contribution in [1.82, 2.24) is 30.3 Å². The van der Waals surface area contributed by atoms with E-state index in [-0.39, 0.29) is 42.3 Å². The molecular weight excluding hydrogens is 433 g/mol. The Labute approximate surface area is 190 Å². The van der Waals surface area contributed by atoms with E-state index in [2.05, 4.69) is 20.5 Å². The number of rotatable bonds is 5. The van der Waals surface area contributed by atoms with Crippen LogP contribution in [0.25, 0.3) is 0 Å². The molecule has 2 spiro atoms. The van der Waals surface area contributed by atoms with Gasteiger partial charge in [-0.05, 0) is 51.4 Å². The van der Waals surface area contributed by atoms with E-state index < -0.39 is 11.6 Å². The fourth-order valence-electron chi connectivity index (χ4n) is 6.89. The van der Waals surface area contributed by atoms with Crippen LogP contribution >= 0.6 is 0 Å². The Kier molecular flexibility index (Phi) is 4.00. The number of likely N-dealkylation sites (tertiary alicyclic amines) is 2. The van der Waals surface area contributed by atoms with Crippen LogP contribution in [0.1, 0.15) is 74.9 Å². The molecular formula is C23H31F3N6O. The molecule has 0 bridgehead atoms. The number of nitrogens with one attached hydrogen (secondary N) is 2. The van der Waals surface area contributed by atoms with Crippen molar-refractivity contribution in [2.24, 2.45) is 16.2 Å². The topological polar surface area (TPSA) is 77.2 Å². The van der Waals surface area contributed by atoms with Gasteiger partial charge < -0.3 is 20.1 Å². The van der Waals surface area contributed by atoms with Crippen molar-refractivity contribution < 1.29 is 18.0 Å². The molecule has 180 valence electrons. The number of hydrogen-bond acceptors (Lipinski definition) is 4. The van der Waals surface area contributed by atoms with Crippen LogP contribution < -0.4 is 5.32 Å². The van der Waals surface area contributed by atoms with Gasteiger partial charge in [0.05, 0.1) is 5.41 Å². The maximum Gasteiger partial charge on any atom is 0.395 e. The number of halogens is 3. The minimum absolute atomic E-state index is 0.0483. The van der Waals surface area contributed by atoms with Crippen LogP contribution in [0.4, 0.5) is 18.0 Å². The molecule has 0 atom stereocenters. The van der Waals surface area contributed by atoms with Crippen LogP contribution in [-0.4, -0.2) is 76.0 Å². The van der Waals surface area contributed by atoms with E-state index in [1.807, 2.05) is 9.80 Å². The highest BCUT2D eigenvalue weighted by Crippen LogP contribution is 2.58. The van der Waals surface area contributed by atoms with Gasteiger partial charge in [0.1, 0.15) is 11.6 Å². The summed E-state index contributed by atoms with van der Waals surface area (Å²) in [5, 5.41) is 11.8. The number of urea groups is 1. The van der Waals surface area contributed by atoms with E-state index >= 15 is 0 Å². The number of H-pyrrole nitrogens is 1. The summed E-state index contributed by atoms with van der Waals surface area (Å²) >= 11 is 0. The molecule has 6 aliphatic rings. The molecule has 4 aliphatic carbocycles. The Morgan fingerprint density at radius 2 is 1.48 bits per heavy atom. The van der Waals surface area contributed by atoms with Crippen molar-refractivity contribution in [2.75, 3.05) is 32.7 Å². The summed E-state index contributed by atoms with van der Waals surface area (Å²) in [6, 6.07) is 0.300. The summed E-state index contributed by atoms with van der Waals surface area (Å²) < 4.78 is 39.2. The highest BCUT2D eigenvalue weighted by molar-refractivity contribution is 5.77. The van der Waals surface area contributed by atoms with Crippen molar-refractivity contribution >= 4 is 6.03 Å². The standard InChI is InChI=1S/C23H31F3N6O/c24-23(25,26)22(3-4-22)9-27-16-7-21(8-16)12-32(13-21)19(33)31-10-20(11-31)5-15(6-20)18-28-17(29-30-18)14-1-2-14/h14-16,27H,1-13H2,(H,28,29,30). The quantitative estimate of drug-likeness (QED) is 0.701. The lowest BCUT2D eigenvalue weighted by molar-refractivity contribution is -0.187. The molecule has 7 rings (SSSR count). The van der Waals surface area contributed by atoms with Crippen molar-refractivity contribution in [3.8, 4) is 0 Å². The summed E-state index contributed by atoms with van der Waals surface area (Å²) in [6.45, 7) is 3.22. The first-order valence-electron chi connectivity index (χ1n) is 12.4. The Bertz CT molecular complexity index is 955. The van der Waals surface area contributed by atoms with Crippen LogP contribution in [0.3, 0.4) is 0 Å². The number of carbonyl (C=O) groups is 1. The molecule has 10 heteroatoms. The van der Waals surface area contributed by atoms with E-state index in [1.165, 1.54) is 12.8 Å². The van der Waals surface area contributed by atoms with Gasteiger partial charge in [-0.25, -0.2) is 4.79 Å². The largest absolute Gasteiger partial charge is 0.395 e. The van der Waals surface area contributed by atoms with Crippen molar-refractivity contribution in [3.05, 3.63) is 11.6 Å². The Balaban J connectivity index is 0.830. The van der Waals surface area contributed by atoms with Gasteiger partial charge in [0.2, 0.25) is 0 Å². The highest BCUT2D eigenvalue weighted by Gasteiger charge is 2.64. The molecule has 1 aromatic rings. The lowest BCUT2D eigenvalue weighted by Gasteiger charge is -2.63. The molecule has 33 heavy (non-hydrogen) atoms. The number of aromatic nitrogens is 3. The maximum atomic E-state index is 13.1. The summed E-state index contributed by atoms with van der Waals surface area (Å²) in [7, 11) is 0. The number of carbonyl (C=O) groups excluding carboxylic acids is 1. The van der Waals surface area contributed by atoms with E-state index in [9.17, 15) is 18.0 Å². The van der Waals surface area contributed by atoms with E-state index in [4.69, 9.17) is 0 Å². The smallest absolute Gasteiger partial charge is 0.328 e. The molecule has 0 radical (unpaired) electrons. The summed E-state index contributed by atoms with van der Waals surface area (Å²) in [5.74, 6) is 3.10. The molecule has 7 nitrogen and oxygen atoms in total. The monoisotopic (exact) mass is 464 g/mol. The van der Waals surface area contributed by atoms with Crippen LogP contribution in [-0.2, 0) is 0 Å². The Morgan fingerprint density at radius 3 is 2.00 bits per heavy atom. The van der Waals surface area contributed by atoms with Crippen molar-refractivity contribution in [3.63, 3.8) is 0 Å². The first kappa shape index (κ1) is 20.5. The molecule has 2 saturated heterocycles. The first-order valence-corrected chi connectivity index (χ1v) is 12.4.